The van der Waals surface area contributed by atoms with E-state index in [0.29, 0.717) is 5.41 Å². The molecule has 0 radical (unpaired) electrons. The lowest BCUT2D eigenvalue weighted by Crippen LogP contribution is -2.08. The smallest absolute Gasteiger partial charge is 0.0184 e. The second-order valence-electron chi connectivity index (χ2n) is 5.80. The van der Waals surface area contributed by atoms with E-state index in [0.717, 1.165) is 6.42 Å². The fraction of sp³-hybridized carbons (Fsp3) is 0.333. The lowest BCUT2D eigenvalue weighted by Gasteiger charge is -2.18. The number of benzene rings is 2. The molecule has 0 heterocycles. The summed E-state index contributed by atoms with van der Waals surface area (Å²) in [7, 11) is 0. The highest BCUT2D eigenvalue weighted by Crippen LogP contribution is 2.23. The Labute approximate surface area is 112 Å². The Hall–Kier alpha value is -1.56. The van der Waals surface area contributed by atoms with Crippen molar-refractivity contribution in [1.82, 2.24) is 0 Å². The molecule has 96 valence electrons. The average molecular weight is 240 g/mol. The third kappa shape index (κ3) is 4.03. The molecule has 18 heavy (non-hydrogen) atoms. The molecule has 0 saturated carbocycles. The highest BCUT2D eigenvalue weighted by atomic mass is 14.2. The molecule has 2 rings (SSSR count). The minimum Gasteiger partial charge on any atom is -0.0776 e. The highest BCUT2D eigenvalue weighted by molar-refractivity contribution is 5.63. The monoisotopic (exact) mass is 240 g/mol. The first-order valence-electron chi connectivity index (χ1n) is 6.19. The summed E-state index contributed by atoms with van der Waals surface area (Å²) < 4.78 is 0. The molecule has 0 nitrogen and oxygen atoms in total. The molecule has 2 aromatic carbocycles. The molecule has 0 unspecified atom stereocenters. The van der Waals surface area contributed by atoms with E-state index in [9.17, 15) is 0 Å². The number of rotatable bonds is 2. The molecule has 0 fully saturated rings. The van der Waals surface area contributed by atoms with Crippen molar-refractivity contribution in [2.24, 2.45) is 5.41 Å². The van der Waals surface area contributed by atoms with Gasteiger partial charge >= 0.3 is 0 Å². The van der Waals surface area contributed by atoms with Crippen molar-refractivity contribution in [3.63, 3.8) is 0 Å². The summed E-state index contributed by atoms with van der Waals surface area (Å²) in [6, 6.07) is 19.4. The molecule has 0 atom stereocenters. The maximum atomic E-state index is 2.28. The van der Waals surface area contributed by atoms with Gasteiger partial charge in [0.1, 0.15) is 0 Å². The molecule has 0 spiro atoms. The van der Waals surface area contributed by atoms with Crippen LogP contribution in [0.15, 0.2) is 54.6 Å². The fourth-order valence-electron chi connectivity index (χ4n) is 2.06. The molecule has 0 N–H and O–H groups in total. The molecule has 0 aliphatic rings. The van der Waals surface area contributed by atoms with E-state index in [4.69, 9.17) is 0 Å². The van der Waals surface area contributed by atoms with Crippen LogP contribution in [-0.2, 0) is 6.42 Å². The van der Waals surface area contributed by atoms with Crippen LogP contribution in [0.5, 0.6) is 0 Å². The van der Waals surface area contributed by atoms with Crippen LogP contribution in [-0.4, -0.2) is 0 Å². The Morgan fingerprint density at radius 1 is 0.722 bits per heavy atom. The number of hydrogen-bond acceptors (Lipinski definition) is 0. The molecular formula is C18H24. The van der Waals surface area contributed by atoms with Crippen molar-refractivity contribution in [3.8, 4) is 11.1 Å². The predicted molar refractivity (Wildman–Crippen MR) is 81.8 cm³/mol. The lowest BCUT2D eigenvalue weighted by atomic mass is 9.88. The zero-order valence-electron chi connectivity index (χ0n) is 10.9. The fourth-order valence-corrected chi connectivity index (χ4v) is 2.06. The third-order valence-electron chi connectivity index (χ3n) is 2.80. The topological polar surface area (TPSA) is 0 Å². The summed E-state index contributed by atoms with van der Waals surface area (Å²) in [6.45, 7) is 6.83. The van der Waals surface area contributed by atoms with Crippen LogP contribution >= 0.6 is 0 Å². The van der Waals surface area contributed by atoms with Crippen LogP contribution in [0.1, 0.15) is 33.8 Å². The quantitative estimate of drug-likeness (QED) is 0.643. The van der Waals surface area contributed by atoms with Gasteiger partial charge in [-0.15, -0.1) is 0 Å². The highest BCUT2D eigenvalue weighted by Gasteiger charge is 2.10. The maximum Gasteiger partial charge on any atom is -0.0184 e. The Kier molecular flexibility index (Phi) is 4.72. The van der Waals surface area contributed by atoms with Gasteiger partial charge in [-0.05, 0) is 28.5 Å². The Morgan fingerprint density at radius 2 is 1.22 bits per heavy atom. The van der Waals surface area contributed by atoms with E-state index in [-0.39, 0.29) is 7.43 Å². The molecule has 0 saturated heterocycles. The SMILES string of the molecule is C.CC(C)(C)Cc1ccc(-c2ccccc2)cc1. The van der Waals surface area contributed by atoms with E-state index in [1.165, 1.54) is 16.7 Å². The predicted octanol–water partition coefficient (Wildman–Crippen LogP) is 5.58. The van der Waals surface area contributed by atoms with Gasteiger partial charge in [0.2, 0.25) is 0 Å². The van der Waals surface area contributed by atoms with Gasteiger partial charge in [-0.1, -0.05) is 82.8 Å². The number of hydrogen-bond donors (Lipinski definition) is 0. The van der Waals surface area contributed by atoms with Gasteiger partial charge in [0.25, 0.3) is 0 Å². The summed E-state index contributed by atoms with van der Waals surface area (Å²) in [4.78, 5) is 0. The second-order valence-corrected chi connectivity index (χ2v) is 5.80. The van der Waals surface area contributed by atoms with Crippen LogP contribution in [0.3, 0.4) is 0 Å². The van der Waals surface area contributed by atoms with Crippen LogP contribution in [0.25, 0.3) is 11.1 Å². The van der Waals surface area contributed by atoms with E-state index in [1.54, 1.807) is 0 Å². The zero-order valence-corrected chi connectivity index (χ0v) is 10.9. The van der Waals surface area contributed by atoms with E-state index in [2.05, 4.69) is 75.4 Å². The van der Waals surface area contributed by atoms with Gasteiger partial charge in [-0.2, -0.15) is 0 Å². The summed E-state index contributed by atoms with van der Waals surface area (Å²) >= 11 is 0. The third-order valence-corrected chi connectivity index (χ3v) is 2.80. The molecule has 0 aromatic heterocycles. The molecule has 2 aromatic rings. The van der Waals surface area contributed by atoms with Crippen LogP contribution < -0.4 is 0 Å². The van der Waals surface area contributed by atoms with Gasteiger partial charge in [0, 0.05) is 0 Å². The van der Waals surface area contributed by atoms with Gasteiger partial charge < -0.3 is 0 Å². The van der Waals surface area contributed by atoms with Crippen molar-refractivity contribution < 1.29 is 0 Å². The van der Waals surface area contributed by atoms with Gasteiger partial charge in [0.05, 0.1) is 0 Å². The zero-order chi connectivity index (χ0) is 12.3. The summed E-state index contributed by atoms with van der Waals surface area (Å²) in [5.41, 5.74) is 4.35. The largest absolute Gasteiger partial charge is 0.0776 e. The van der Waals surface area contributed by atoms with Crippen LogP contribution in [0, 0.1) is 5.41 Å². The van der Waals surface area contributed by atoms with Crippen molar-refractivity contribution in [1.29, 1.82) is 0 Å². The normalized spacial score (nSPS) is 10.8. The van der Waals surface area contributed by atoms with E-state index in [1.807, 2.05) is 0 Å². The second kappa shape index (κ2) is 5.86. The van der Waals surface area contributed by atoms with E-state index < -0.39 is 0 Å². The molecule has 0 aliphatic heterocycles. The average Bonchev–Trinajstić information content (AvgIpc) is 2.29. The minimum absolute atomic E-state index is 0. The molecule has 0 aliphatic carbocycles. The van der Waals surface area contributed by atoms with Crippen molar-refractivity contribution in [2.75, 3.05) is 0 Å². The van der Waals surface area contributed by atoms with Gasteiger partial charge in [-0.3, -0.25) is 0 Å². The van der Waals surface area contributed by atoms with Crippen LogP contribution in [0.2, 0.25) is 0 Å². The first kappa shape index (κ1) is 14.5. The standard InChI is InChI=1S/C17H20.CH4/c1-17(2,3)13-14-9-11-16(12-10-14)15-7-5-4-6-8-15;/h4-12H,13H2,1-3H3;1H4. The van der Waals surface area contributed by atoms with Crippen molar-refractivity contribution >= 4 is 0 Å². The molecular weight excluding hydrogens is 216 g/mol. The van der Waals surface area contributed by atoms with Crippen molar-refractivity contribution in [2.45, 2.75) is 34.6 Å². The Morgan fingerprint density at radius 3 is 1.72 bits per heavy atom. The van der Waals surface area contributed by atoms with E-state index >= 15 is 0 Å². The van der Waals surface area contributed by atoms with Gasteiger partial charge in [-0.25, -0.2) is 0 Å². The maximum absolute atomic E-state index is 2.28. The summed E-state index contributed by atoms with van der Waals surface area (Å²) in [5, 5.41) is 0. The Balaban J connectivity index is 0.00000162. The summed E-state index contributed by atoms with van der Waals surface area (Å²) in [5.74, 6) is 0. The molecule has 0 heteroatoms. The lowest BCUT2D eigenvalue weighted by molar-refractivity contribution is 0.411. The first-order chi connectivity index (χ1) is 8.04. The van der Waals surface area contributed by atoms with Gasteiger partial charge in [0.15, 0.2) is 0 Å². The molecule has 0 bridgehead atoms. The summed E-state index contributed by atoms with van der Waals surface area (Å²) in [6.07, 6.45) is 1.13. The van der Waals surface area contributed by atoms with Crippen molar-refractivity contribution in [3.05, 3.63) is 60.2 Å². The van der Waals surface area contributed by atoms with Crippen LogP contribution in [0.4, 0.5) is 0 Å². The molecule has 0 amide bonds. The Bertz CT molecular complexity index is 458. The minimum atomic E-state index is 0. The first-order valence-corrected chi connectivity index (χ1v) is 6.19.